The zero-order valence-electron chi connectivity index (χ0n) is 21.3. The highest BCUT2D eigenvalue weighted by atomic mass is 19.1. The van der Waals surface area contributed by atoms with Gasteiger partial charge in [0.2, 0.25) is 0 Å². The molecular weight excluding hydrogens is 487 g/mol. The first-order chi connectivity index (χ1) is 18.4. The van der Waals surface area contributed by atoms with Gasteiger partial charge in [0.25, 0.3) is 11.8 Å². The minimum absolute atomic E-state index is 0.201. The maximum Gasteiger partial charge on any atom is 0.257 e. The summed E-state index contributed by atoms with van der Waals surface area (Å²) in [5, 5.41) is 8.80. The third-order valence-electron chi connectivity index (χ3n) is 6.76. The molecule has 0 radical (unpaired) electrons. The van der Waals surface area contributed by atoms with Crippen molar-refractivity contribution in [2.24, 2.45) is 0 Å². The van der Waals surface area contributed by atoms with Crippen molar-refractivity contribution < 1.29 is 18.7 Å². The van der Waals surface area contributed by atoms with Crippen LogP contribution in [-0.4, -0.2) is 54.1 Å². The van der Waals surface area contributed by atoms with Gasteiger partial charge in [-0.1, -0.05) is 0 Å². The van der Waals surface area contributed by atoms with Gasteiger partial charge in [-0.3, -0.25) is 14.6 Å². The molecule has 38 heavy (non-hydrogen) atoms. The molecule has 2 fully saturated rings. The molecule has 2 saturated heterocycles. The Bertz CT molecular complexity index is 1300. The second-order valence-corrected chi connectivity index (χ2v) is 9.61. The number of anilines is 4. The summed E-state index contributed by atoms with van der Waals surface area (Å²) in [6, 6.07) is 9.45. The number of hydrogen-bond acceptors (Lipinski definition) is 7. The van der Waals surface area contributed by atoms with Crippen LogP contribution in [0, 0.1) is 12.7 Å². The molecule has 9 nitrogen and oxygen atoms in total. The Kier molecular flexibility index (Phi) is 7.78. The smallest absolute Gasteiger partial charge is 0.257 e. The Labute approximate surface area is 220 Å². The van der Waals surface area contributed by atoms with Crippen molar-refractivity contribution in [3.63, 3.8) is 0 Å². The summed E-state index contributed by atoms with van der Waals surface area (Å²) in [6.45, 7) is 4.89. The third-order valence-corrected chi connectivity index (χ3v) is 6.76. The van der Waals surface area contributed by atoms with Crippen LogP contribution in [0.1, 0.15) is 52.1 Å². The highest BCUT2D eigenvalue weighted by Gasteiger charge is 2.18. The van der Waals surface area contributed by atoms with Crippen LogP contribution in [0.5, 0.6) is 0 Å². The predicted molar refractivity (Wildman–Crippen MR) is 144 cm³/mol. The number of halogens is 1. The molecule has 10 heteroatoms. The minimum atomic E-state index is -0.475. The molecule has 0 bridgehead atoms. The van der Waals surface area contributed by atoms with Gasteiger partial charge in [0.05, 0.1) is 41.1 Å². The largest absolute Gasteiger partial charge is 0.376 e. The number of aromatic nitrogens is 2. The lowest BCUT2D eigenvalue weighted by Crippen LogP contribution is -2.20. The molecule has 5 rings (SSSR count). The van der Waals surface area contributed by atoms with E-state index in [0.29, 0.717) is 40.7 Å². The number of pyridine rings is 2. The molecule has 1 unspecified atom stereocenters. The summed E-state index contributed by atoms with van der Waals surface area (Å²) in [4.78, 5) is 36.6. The lowest BCUT2D eigenvalue weighted by molar-refractivity contribution is 0.101. The van der Waals surface area contributed by atoms with Gasteiger partial charge in [0.15, 0.2) is 0 Å². The van der Waals surface area contributed by atoms with E-state index in [1.807, 2.05) is 0 Å². The number of nitrogens with zero attached hydrogens (tertiary/aromatic N) is 3. The number of rotatable bonds is 8. The van der Waals surface area contributed by atoms with Crippen LogP contribution < -0.4 is 20.9 Å². The molecule has 1 aromatic carbocycles. The van der Waals surface area contributed by atoms with E-state index in [4.69, 9.17) is 4.74 Å². The van der Waals surface area contributed by atoms with Crippen molar-refractivity contribution in [2.45, 2.75) is 38.7 Å². The van der Waals surface area contributed by atoms with Gasteiger partial charge in [-0.15, -0.1) is 0 Å². The van der Waals surface area contributed by atoms with Crippen molar-refractivity contribution in [3.05, 3.63) is 71.4 Å². The van der Waals surface area contributed by atoms with E-state index in [-0.39, 0.29) is 17.6 Å². The Hall–Kier alpha value is -4.05. The van der Waals surface area contributed by atoms with E-state index < -0.39 is 11.7 Å². The molecule has 0 aliphatic carbocycles. The average molecular weight is 519 g/mol. The maximum absolute atomic E-state index is 14.3. The van der Waals surface area contributed by atoms with E-state index in [2.05, 4.69) is 30.8 Å². The normalized spacial score (nSPS) is 16.9. The summed E-state index contributed by atoms with van der Waals surface area (Å²) in [5.41, 5.74) is 2.57. The van der Waals surface area contributed by atoms with Crippen LogP contribution in [0.15, 0.2) is 48.8 Å². The molecule has 4 heterocycles. The Morgan fingerprint density at radius 1 is 1.00 bits per heavy atom. The zero-order chi connectivity index (χ0) is 26.5. The fourth-order valence-electron chi connectivity index (χ4n) is 4.69. The summed E-state index contributed by atoms with van der Waals surface area (Å²) in [7, 11) is 0. The van der Waals surface area contributed by atoms with Gasteiger partial charge in [0.1, 0.15) is 11.6 Å². The minimum Gasteiger partial charge on any atom is -0.376 e. The van der Waals surface area contributed by atoms with Gasteiger partial charge in [-0.2, -0.15) is 0 Å². The number of nitrogens with one attached hydrogen (secondary N) is 3. The Morgan fingerprint density at radius 3 is 2.53 bits per heavy atom. The van der Waals surface area contributed by atoms with Gasteiger partial charge in [-0.25, -0.2) is 9.37 Å². The predicted octanol–water partition coefficient (Wildman–Crippen LogP) is 4.62. The first-order valence-corrected chi connectivity index (χ1v) is 12.9. The van der Waals surface area contributed by atoms with Crippen LogP contribution in [0.2, 0.25) is 0 Å². The van der Waals surface area contributed by atoms with Crippen LogP contribution in [0.25, 0.3) is 0 Å². The van der Waals surface area contributed by atoms with Gasteiger partial charge in [-0.05, 0) is 69.0 Å². The van der Waals surface area contributed by atoms with E-state index in [0.717, 1.165) is 45.4 Å². The fraction of sp³-hybridized carbons (Fsp3) is 0.357. The fourth-order valence-corrected chi connectivity index (χ4v) is 4.69. The zero-order valence-corrected chi connectivity index (χ0v) is 21.3. The number of amides is 2. The number of carbonyl (C=O) groups is 2. The Balaban J connectivity index is 1.23. The van der Waals surface area contributed by atoms with Crippen LogP contribution in [-0.2, 0) is 4.74 Å². The molecule has 3 N–H and O–H groups in total. The first kappa shape index (κ1) is 25.6. The molecule has 0 saturated carbocycles. The molecule has 2 aliphatic heterocycles. The summed E-state index contributed by atoms with van der Waals surface area (Å²) in [5.74, 6) is -0.623. The molecule has 3 aromatic rings. The van der Waals surface area contributed by atoms with Crippen molar-refractivity contribution in [2.75, 3.05) is 47.1 Å². The van der Waals surface area contributed by atoms with Crippen molar-refractivity contribution >= 4 is 34.7 Å². The third kappa shape index (κ3) is 6.25. The van der Waals surface area contributed by atoms with Crippen molar-refractivity contribution in [1.29, 1.82) is 0 Å². The molecule has 2 aliphatic rings. The van der Waals surface area contributed by atoms with Gasteiger partial charge < -0.3 is 25.6 Å². The number of ether oxygens (including phenoxy) is 1. The molecule has 1 atom stereocenters. The number of benzene rings is 1. The van der Waals surface area contributed by atoms with E-state index in [1.165, 1.54) is 18.3 Å². The van der Waals surface area contributed by atoms with Gasteiger partial charge in [0, 0.05) is 37.5 Å². The molecule has 198 valence electrons. The second kappa shape index (κ2) is 11.6. The van der Waals surface area contributed by atoms with E-state index >= 15 is 0 Å². The molecule has 2 amide bonds. The highest BCUT2D eigenvalue weighted by molar-refractivity contribution is 6.08. The maximum atomic E-state index is 14.3. The summed E-state index contributed by atoms with van der Waals surface area (Å²) < 4.78 is 19.9. The monoisotopic (exact) mass is 518 g/mol. The van der Waals surface area contributed by atoms with Crippen LogP contribution in [0.4, 0.5) is 27.3 Å². The standard InChI is InChI=1S/C28H31FN6O3/c1-18-25(28(37)33-21-6-7-26(31-15-21)32-17-24-5-4-10-38-24)14-22(16-30-18)34-27(36)19-11-20(29)13-23(12-19)35-8-2-3-9-35/h6-7,11-16,24H,2-5,8-10,17H2,1H3,(H,31,32)(H,33,37)(H,34,36). The lowest BCUT2D eigenvalue weighted by atomic mass is 10.1. The van der Waals surface area contributed by atoms with Crippen molar-refractivity contribution in [3.8, 4) is 0 Å². The van der Waals surface area contributed by atoms with E-state index in [1.54, 1.807) is 37.4 Å². The Morgan fingerprint density at radius 2 is 1.79 bits per heavy atom. The number of hydrogen-bond donors (Lipinski definition) is 3. The summed E-state index contributed by atoms with van der Waals surface area (Å²) in [6.07, 6.45) is 7.46. The molecule has 2 aromatic heterocycles. The second-order valence-electron chi connectivity index (χ2n) is 9.61. The molecule has 0 spiro atoms. The highest BCUT2D eigenvalue weighted by Crippen LogP contribution is 2.24. The van der Waals surface area contributed by atoms with Crippen LogP contribution >= 0.6 is 0 Å². The SMILES string of the molecule is Cc1ncc(NC(=O)c2cc(F)cc(N3CCCC3)c2)cc1C(=O)Nc1ccc(NCC2CCCO2)nc1. The number of aryl methyl sites for hydroxylation is 1. The topological polar surface area (TPSA) is 108 Å². The quantitative estimate of drug-likeness (QED) is 0.399. The van der Waals surface area contributed by atoms with E-state index in [9.17, 15) is 14.0 Å². The van der Waals surface area contributed by atoms with Crippen molar-refractivity contribution in [1.82, 2.24) is 9.97 Å². The molecular formula is C28H31FN6O3. The van der Waals surface area contributed by atoms with Gasteiger partial charge >= 0.3 is 0 Å². The summed E-state index contributed by atoms with van der Waals surface area (Å²) >= 11 is 0. The number of carbonyl (C=O) groups excluding carboxylic acids is 2. The first-order valence-electron chi connectivity index (χ1n) is 12.9. The average Bonchev–Trinajstić information content (AvgIpc) is 3.64. The van der Waals surface area contributed by atoms with Crippen LogP contribution in [0.3, 0.4) is 0 Å². The lowest BCUT2D eigenvalue weighted by Gasteiger charge is -2.18.